The van der Waals surface area contributed by atoms with Crippen LogP contribution in [0, 0.1) is 0 Å². The lowest BCUT2D eigenvalue weighted by molar-refractivity contribution is -0.121. The van der Waals surface area contributed by atoms with Crippen molar-refractivity contribution >= 4 is 11.8 Å². The molecule has 0 radical (unpaired) electrons. The normalized spacial score (nSPS) is 9.67. The zero-order valence-corrected chi connectivity index (χ0v) is 8.58. The first kappa shape index (κ1) is 11.3. The molecule has 0 aliphatic rings. The number of carbonyl (C=O) groups excluding carboxylic acids is 2. The fraction of sp³-hybridized carbons (Fsp3) is 0.400. The molecule has 1 rings (SSSR count). The molecular formula is C10H14N2O3. The Bertz CT molecular complexity index is 319. The summed E-state index contributed by atoms with van der Waals surface area (Å²) in [5, 5.41) is 5.25. The number of furan rings is 1. The predicted octanol–water partition coefficient (Wildman–Crippen LogP) is 0.0744. The van der Waals surface area contributed by atoms with Gasteiger partial charge in [0.25, 0.3) is 0 Å². The molecule has 0 fully saturated rings. The molecule has 0 spiro atoms. The molecule has 0 unspecified atom stereocenters. The van der Waals surface area contributed by atoms with Gasteiger partial charge in [0.2, 0.25) is 11.8 Å². The van der Waals surface area contributed by atoms with E-state index in [9.17, 15) is 9.59 Å². The Labute approximate surface area is 87.8 Å². The third-order valence-electron chi connectivity index (χ3n) is 1.74. The van der Waals surface area contributed by atoms with E-state index in [1.807, 2.05) is 0 Å². The lowest BCUT2D eigenvalue weighted by Crippen LogP contribution is -2.34. The third kappa shape index (κ3) is 4.85. The van der Waals surface area contributed by atoms with Crippen molar-refractivity contribution in [3.8, 4) is 0 Å². The Morgan fingerprint density at radius 3 is 2.67 bits per heavy atom. The molecule has 2 N–H and O–H groups in total. The van der Waals surface area contributed by atoms with Crippen LogP contribution in [-0.4, -0.2) is 24.9 Å². The van der Waals surface area contributed by atoms with Crippen molar-refractivity contribution in [2.75, 3.05) is 13.1 Å². The van der Waals surface area contributed by atoms with Gasteiger partial charge in [0.05, 0.1) is 12.7 Å². The van der Waals surface area contributed by atoms with E-state index >= 15 is 0 Å². The van der Waals surface area contributed by atoms with Crippen molar-refractivity contribution < 1.29 is 14.0 Å². The molecule has 82 valence electrons. The molecule has 1 heterocycles. The van der Waals surface area contributed by atoms with Crippen LogP contribution in [0.5, 0.6) is 0 Å². The summed E-state index contributed by atoms with van der Waals surface area (Å²) in [6.07, 6.45) is 1.76. The molecule has 0 saturated carbocycles. The number of carbonyl (C=O) groups is 2. The topological polar surface area (TPSA) is 71.3 Å². The number of hydrogen-bond donors (Lipinski definition) is 2. The second-order valence-corrected chi connectivity index (χ2v) is 3.09. The van der Waals surface area contributed by atoms with Gasteiger partial charge in [-0.2, -0.15) is 0 Å². The minimum atomic E-state index is -0.115. The van der Waals surface area contributed by atoms with Gasteiger partial charge >= 0.3 is 0 Å². The van der Waals surface area contributed by atoms with Crippen molar-refractivity contribution in [3.63, 3.8) is 0 Å². The van der Waals surface area contributed by atoms with Crippen LogP contribution in [0.1, 0.15) is 12.7 Å². The van der Waals surface area contributed by atoms with Crippen LogP contribution in [0.25, 0.3) is 0 Å². The molecule has 1 aromatic heterocycles. The molecule has 1 aromatic rings. The van der Waals surface area contributed by atoms with Crippen LogP contribution >= 0.6 is 0 Å². The maximum atomic E-state index is 11.3. The first-order valence-corrected chi connectivity index (χ1v) is 4.72. The Morgan fingerprint density at radius 1 is 1.33 bits per heavy atom. The van der Waals surface area contributed by atoms with Crippen molar-refractivity contribution in [2.45, 2.75) is 13.3 Å². The molecule has 0 bridgehead atoms. The van der Waals surface area contributed by atoms with Gasteiger partial charge in [-0.25, -0.2) is 0 Å². The lowest BCUT2D eigenvalue weighted by atomic mass is 10.3. The van der Waals surface area contributed by atoms with Crippen LogP contribution in [0.2, 0.25) is 0 Å². The summed E-state index contributed by atoms with van der Waals surface area (Å²) in [6, 6.07) is 3.48. The quantitative estimate of drug-likeness (QED) is 0.676. The first-order valence-electron chi connectivity index (χ1n) is 4.72. The highest BCUT2D eigenvalue weighted by Crippen LogP contribution is 1.99. The van der Waals surface area contributed by atoms with Gasteiger partial charge in [-0.05, 0) is 12.1 Å². The van der Waals surface area contributed by atoms with E-state index in [1.54, 1.807) is 12.1 Å². The summed E-state index contributed by atoms with van der Waals surface area (Å²) in [5.41, 5.74) is 0. The molecule has 0 aliphatic heterocycles. The number of hydrogen-bond acceptors (Lipinski definition) is 3. The highest BCUT2D eigenvalue weighted by Gasteiger charge is 2.04. The van der Waals surface area contributed by atoms with Crippen molar-refractivity contribution in [1.29, 1.82) is 0 Å². The van der Waals surface area contributed by atoms with Crippen LogP contribution in [0.15, 0.2) is 22.8 Å². The summed E-state index contributed by atoms with van der Waals surface area (Å²) < 4.78 is 5.02. The highest BCUT2D eigenvalue weighted by molar-refractivity contribution is 5.78. The molecule has 0 saturated heterocycles. The summed E-state index contributed by atoms with van der Waals surface area (Å²) in [6.45, 7) is 2.31. The van der Waals surface area contributed by atoms with Crippen molar-refractivity contribution in [2.24, 2.45) is 0 Å². The van der Waals surface area contributed by atoms with Gasteiger partial charge in [-0.3, -0.25) is 9.59 Å². The molecule has 2 amide bonds. The van der Waals surface area contributed by atoms with Crippen LogP contribution < -0.4 is 10.6 Å². The smallest absolute Gasteiger partial charge is 0.227 e. The first-order chi connectivity index (χ1) is 7.18. The summed E-state index contributed by atoms with van der Waals surface area (Å²) in [4.78, 5) is 21.8. The standard InChI is InChI=1S/C10H14N2O3/c1-8(13)11-4-5-12-10(14)7-9-3-2-6-15-9/h2-3,6H,4-5,7H2,1H3,(H,11,13)(H,12,14). The van der Waals surface area contributed by atoms with E-state index in [0.29, 0.717) is 18.8 Å². The van der Waals surface area contributed by atoms with Crippen molar-refractivity contribution in [1.82, 2.24) is 10.6 Å². The van der Waals surface area contributed by atoms with E-state index < -0.39 is 0 Å². The van der Waals surface area contributed by atoms with Crippen LogP contribution in [0.4, 0.5) is 0 Å². The van der Waals surface area contributed by atoms with E-state index in [0.717, 1.165) is 0 Å². The van der Waals surface area contributed by atoms with Gasteiger partial charge in [0, 0.05) is 20.0 Å². The second-order valence-electron chi connectivity index (χ2n) is 3.09. The number of nitrogens with one attached hydrogen (secondary N) is 2. The minimum absolute atomic E-state index is 0.102. The second kappa shape index (κ2) is 5.85. The molecule has 0 atom stereocenters. The molecule has 0 aliphatic carbocycles. The SMILES string of the molecule is CC(=O)NCCNC(=O)Cc1ccco1. The van der Waals surface area contributed by atoms with Crippen molar-refractivity contribution in [3.05, 3.63) is 24.2 Å². The lowest BCUT2D eigenvalue weighted by Gasteiger charge is -2.04. The Morgan fingerprint density at radius 2 is 2.07 bits per heavy atom. The third-order valence-corrected chi connectivity index (χ3v) is 1.74. The minimum Gasteiger partial charge on any atom is -0.469 e. The largest absolute Gasteiger partial charge is 0.469 e. The predicted molar refractivity (Wildman–Crippen MR) is 54.1 cm³/mol. The summed E-state index contributed by atoms with van der Waals surface area (Å²) in [7, 11) is 0. The molecular weight excluding hydrogens is 196 g/mol. The number of amides is 2. The summed E-state index contributed by atoms with van der Waals surface area (Å²) >= 11 is 0. The average Bonchev–Trinajstić information content (AvgIpc) is 2.64. The van der Waals surface area contributed by atoms with E-state index in [4.69, 9.17) is 4.42 Å². The van der Waals surface area contributed by atoms with Gasteiger partial charge in [0.1, 0.15) is 5.76 Å². The average molecular weight is 210 g/mol. The van der Waals surface area contributed by atoms with Crippen LogP contribution in [0.3, 0.4) is 0 Å². The maximum Gasteiger partial charge on any atom is 0.227 e. The zero-order valence-electron chi connectivity index (χ0n) is 8.58. The van der Waals surface area contributed by atoms with E-state index in [2.05, 4.69) is 10.6 Å². The highest BCUT2D eigenvalue weighted by atomic mass is 16.3. The number of rotatable bonds is 5. The van der Waals surface area contributed by atoms with E-state index in [1.165, 1.54) is 13.2 Å². The maximum absolute atomic E-state index is 11.3. The Kier molecular flexibility index (Phi) is 4.40. The summed E-state index contributed by atoms with van der Waals surface area (Å²) in [5.74, 6) is 0.414. The van der Waals surface area contributed by atoms with Gasteiger partial charge in [-0.1, -0.05) is 0 Å². The van der Waals surface area contributed by atoms with E-state index in [-0.39, 0.29) is 18.2 Å². The Balaban J connectivity index is 2.11. The zero-order chi connectivity index (χ0) is 11.1. The molecule has 5 heteroatoms. The fourth-order valence-electron chi connectivity index (χ4n) is 1.07. The van der Waals surface area contributed by atoms with Crippen LogP contribution in [-0.2, 0) is 16.0 Å². The van der Waals surface area contributed by atoms with Gasteiger partial charge in [-0.15, -0.1) is 0 Å². The monoisotopic (exact) mass is 210 g/mol. The molecule has 5 nitrogen and oxygen atoms in total. The fourth-order valence-corrected chi connectivity index (χ4v) is 1.07. The molecule has 15 heavy (non-hydrogen) atoms. The Hall–Kier alpha value is -1.78. The molecule has 0 aromatic carbocycles. The van der Waals surface area contributed by atoms with Gasteiger partial charge in [0.15, 0.2) is 0 Å². The van der Waals surface area contributed by atoms with Gasteiger partial charge < -0.3 is 15.1 Å².